The van der Waals surface area contributed by atoms with Crippen LogP contribution in [0.2, 0.25) is 0 Å². The summed E-state index contributed by atoms with van der Waals surface area (Å²) in [5.74, 6) is 0.571. The van der Waals surface area contributed by atoms with Gasteiger partial charge in [0.05, 0.1) is 11.6 Å². The molecule has 0 spiro atoms. The summed E-state index contributed by atoms with van der Waals surface area (Å²) < 4.78 is 0. The van der Waals surface area contributed by atoms with Crippen molar-refractivity contribution in [2.75, 3.05) is 13.1 Å². The minimum atomic E-state index is 0.571. The van der Waals surface area contributed by atoms with Gasteiger partial charge in [0.25, 0.3) is 0 Å². The van der Waals surface area contributed by atoms with E-state index in [9.17, 15) is 0 Å². The maximum atomic E-state index is 9.11. The number of benzene rings is 1. The number of nitrogens with zero attached hydrogens (tertiary/aromatic N) is 1. The van der Waals surface area contributed by atoms with E-state index in [2.05, 4.69) is 23.5 Å². The van der Waals surface area contributed by atoms with Gasteiger partial charge in [0, 0.05) is 0 Å². The first-order valence-electron chi connectivity index (χ1n) is 5.52. The fourth-order valence-corrected chi connectivity index (χ4v) is 2.26. The summed E-state index contributed by atoms with van der Waals surface area (Å²) in [6.07, 6.45) is 2.30. The van der Waals surface area contributed by atoms with Gasteiger partial charge >= 0.3 is 0 Å². The van der Waals surface area contributed by atoms with E-state index >= 15 is 0 Å². The van der Waals surface area contributed by atoms with Crippen LogP contribution < -0.4 is 5.32 Å². The van der Waals surface area contributed by atoms with E-state index in [4.69, 9.17) is 5.26 Å². The number of piperidine rings is 1. The summed E-state index contributed by atoms with van der Waals surface area (Å²) in [6, 6.07) is 8.55. The maximum absolute atomic E-state index is 9.11. The van der Waals surface area contributed by atoms with Crippen LogP contribution in [0.15, 0.2) is 18.2 Å². The molecular weight excluding hydrogens is 184 g/mol. The molecule has 1 aromatic carbocycles. The number of hydrogen-bond acceptors (Lipinski definition) is 2. The first-order valence-corrected chi connectivity index (χ1v) is 5.52. The first kappa shape index (κ1) is 10.2. The quantitative estimate of drug-likeness (QED) is 0.755. The lowest BCUT2D eigenvalue weighted by atomic mass is 9.87. The molecule has 0 saturated carbocycles. The Balaban J connectivity index is 2.30. The molecule has 1 heterocycles. The Morgan fingerprint density at radius 1 is 1.33 bits per heavy atom. The van der Waals surface area contributed by atoms with Crippen molar-refractivity contribution < 1.29 is 0 Å². The summed E-state index contributed by atoms with van der Waals surface area (Å²) in [5, 5.41) is 12.5. The Morgan fingerprint density at radius 3 is 2.73 bits per heavy atom. The van der Waals surface area contributed by atoms with E-state index in [1.54, 1.807) is 0 Å². The molecule has 1 aliphatic rings. The molecular formula is C13H16N2. The summed E-state index contributed by atoms with van der Waals surface area (Å²) in [7, 11) is 0. The summed E-state index contributed by atoms with van der Waals surface area (Å²) in [4.78, 5) is 0. The van der Waals surface area contributed by atoms with Crippen LogP contribution >= 0.6 is 0 Å². The molecule has 1 saturated heterocycles. The summed E-state index contributed by atoms with van der Waals surface area (Å²) >= 11 is 0. The Hall–Kier alpha value is -1.33. The largest absolute Gasteiger partial charge is 0.317 e. The van der Waals surface area contributed by atoms with Gasteiger partial charge in [0.15, 0.2) is 0 Å². The van der Waals surface area contributed by atoms with Gasteiger partial charge in [-0.1, -0.05) is 12.1 Å². The van der Waals surface area contributed by atoms with Crippen LogP contribution in [0.1, 0.15) is 35.4 Å². The van der Waals surface area contributed by atoms with E-state index in [-0.39, 0.29) is 0 Å². The highest BCUT2D eigenvalue weighted by atomic mass is 14.9. The Bertz CT molecular complexity index is 384. The fraction of sp³-hybridized carbons (Fsp3) is 0.462. The third kappa shape index (κ3) is 2.19. The number of aryl methyl sites for hydroxylation is 1. The Kier molecular flexibility index (Phi) is 3.03. The minimum absolute atomic E-state index is 0.571. The van der Waals surface area contributed by atoms with Crippen LogP contribution in [0.4, 0.5) is 0 Å². The van der Waals surface area contributed by atoms with Gasteiger partial charge in [0.1, 0.15) is 0 Å². The molecule has 1 aromatic rings. The molecule has 2 nitrogen and oxygen atoms in total. The third-order valence-electron chi connectivity index (χ3n) is 3.11. The fourth-order valence-electron chi connectivity index (χ4n) is 2.26. The molecule has 1 aliphatic heterocycles. The zero-order valence-electron chi connectivity index (χ0n) is 9.09. The maximum Gasteiger partial charge on any atom is 0.0994 e. The molecule has 0 unspecified atom stereocenters. The van der Waals surface area contributed by atoms with E-state index in [1.807, 2.05) is 13.0 Å². The van der Waals surface area contributed by atoms with Gasteiger partial charge in [-0.25, -0.2) is 0 Å². The third-order valence-corrected chi connectivity index (χ3v) is 3.11. The molecule has 0 bridgehead atoms. The van der Waals surface area contributed by atoms with Crippen molar-refractivity contribution in [3.63, 3.8) is 0 Å². The smallest absolute Gasteiger partial charge is 0.0994 e. The van der Waals surface area contributed by atoms with Gasteiger partial charge in [0.2, 0.25) is 0 Å². The molecule has 2 rings (SSSR count). The lowest BCUT2D eigenvalue weighted by Gasteiger charge is -2.23. The SMILES string of the molecule is Cc1ccc(C2CCNCC2)c(C#N)c1. The van der Waals surface area contributed by atoms with Crippen molar-refractivity contribution in [3.8, 4) is 6.07 Å². The molecule has 0 radical (unpaired) electrons. The van der Waals surface area contributed by atoms with Crippen LogP contribution in [0.3, 0.4) is 0 Å². The number of nitrogens with one attached hydrogen (secondary N) is 1. The highest BCUT2D eigenvalue weighted by molar-refractivity contribution is 5.42. The van der Waals surface area contributed by atoms with Gasteiger partial charge in [-0.05, 0) is 56.0 Å². The molecule has 15 heavy (non-hydrogen) atoms. The second-order valence-electron chi connectivity index (χ2n) is 4.23. The summed E-state index contributed by atoms with van der Waals surface area (Å²) in [6.45, 7) is 4.18. The topological polar surface area (TPSA) is 35.8 Å². The van der Waals surface area contributed by atoms with Crippen molar-refractivity contribution in [2.45, 2.75) is 25.7 Å². The predicted octanol–water partition coefficient (Wildman–Crippen LogP) is 2.33. The Morgan fingerprint density at radius 2 is 2.07 bits per heavy atom. The van der Waals surface area contributed by atoms with E-state index in [1.165, 1.54) is 11.1 Å². The van der Waals surface area contributed by atoms with Crippen molar-refractivity contribution >= 4 is 0 Å². The lowest BCUT2D eigenvalue weighted by molar-refractivity contribution is 0.460. The van der Waals surface area contributed by atoms with E-state index in [0.29, 0.717) is 5.92 Å². The number of nitriles is 1. The molecule has 0 atom stereocenters. The minimum Gasteiger partial charge on any atom is -0.317 e. The van der Waals surface area contributed by atoms with E-state index in [0.717, 1.165) is 31.5 Å². The molecule has 0 aliphatic carbocycles. The zero-order valence-corrected chi connectivity index (χ0v) is 9.09. The lowest BCUT2D eigenvalue weighted by Crippen LogP contribution is -2.27. The van der Waals surface area contributed by atoms with Gasteiger partial charge < -0.3 is 5.32 Å². The van der Waals surface area contributed by atoms with Crippen LogP contribution in [0, 0.1) is 18.3 Å². The highest BCUT2D eigenvalue weighted by Gasteiger charge is 2.17. The van der Waals surface area contributed by atoms with Crippen molar-refractivity contribution in [1.82, 2.24) is 5.32 Å². The van der Waals surface area contributed by atoms with Crippen LogP contribution in [0.5, 0.6) is 0 Å². The summed E-state index contributed by atoms with van der Waals surface area (Å²) in [5.41, 5.74) is 3.27. The molecule has 1 fully saturated rings. The van der Waals surface area contributed by atoms with Gasteiger partial charge in [-0.3, -0.25) is 0 Å². The van der Waals surface area contributed by atoms with E-state index < -0.39 is 0 Å². The zero-order chi connectivity index (χ0) is 10.7. The van der Waals surface area contributed by atoms with Crippen LogP contribution in [-0.2, 0) is 0 Å². The monoisotopic (exact) mass is 200 g/mol. The molecule has 2 heteroatoms. The highest BCUT2D eigenvalue weighted by Crippen LogP contribution is 2.28. The second-order valence-corrected chi connectivity index (χ2v) is 4.23. The Labute approximate surface area is 90.9 Å². The van der Waals surface area contributed by atoms with Crippen LogP contribution in [-0.4, -0.2) is 13.1 Å². The molecule has 0 amide bonds. The molecule has 78 valence electrons. The van der Waals surface area contributed by atoms with Crippen molar-refractivity contribution in [2.24, 2.45) is 0 Å². The average Bonchev–Trinajstić information content (AvgIpc) is 2.30. The van der Waals surface area contributed by atoms with Crippen molar-refractivity contribution in [3.05, 3.63) is 34.9 Å². The molecule has 0 aromatic heterocycles. The van der Waals surface area contributed by atoms with Gasteiger partial charge in [-0.2, -0.15) is 5.26 Å². The first-order chi connectivity index (χ1) is 7.31. The van der Waals surface area contributed by atoms with Crippen LogP contribution in [0.25, 0.3) is 0 Å². The number of hydrogen-bond donors (Lipinski definition) is 1. The molecule has 1 N–H and O–H groups in total. The average molecular weight is 200 g/mol. The second kappa shape index (κ2) is 4.46. The normalized spacial score (nSPS) is 17.3. The number of rotatable bonds is 1. The predicted molar refractivity (Wildman–Crippen MR) is 60.7 cm³/mol. The van der Waals surface area contributed by atoms with Gasteiger partial charge in [-0.15, -0.1) is 0 Å². The standard InChI is InChI=1S/C13H16N2/c1-10-2-3-13(12(8-10)9-14)11-4-6-15-7-5-11/h2-3,8,11,15H,4-7H2,1H3. The van der Waals surface area contributed by atoms with Crippen molar-refractivity contribution in [1.29, 1.82) is 5.26 Å².